The van der Waals surface area contributed by atoms with E-state index in [1.165, 1.54) is 11.3 Å². The topological polar surface area (TPSA) is 74.4 Å². The van der Waals surface area contributed by atoms with Gasteiger partial charge in [0.25, 0.3) is 0 Å². The predicted molar refractivity (Wildman–Crippen MR) is 83.4 cm³/mol. The lowest BCUT2D eigenvalue weighted by Gasteiger charge is -2.09. The molecule has 0 saturated carbocycles. The summed E-state index contributed by atoms with van der Waals surface area (Å²) in [6.45, 7) is 5.49. The Bertz CT molecular complexity index is 620. The largest absolute Gasteiger partial charge is 0.482 e. The SMILES string of the molecule is Cc1sc(N)nc1-c1ccc(OCC(=O)OC(C)C)cc1. The number of ether oxygens (including phenoxy) is 2. The molecule has 0 fully saturated rings. The van der Waals surface area contributed by atoms with Gasteiger partial charge in [-0.3, -0.25) is 0 Å². The molecule has 1 aromatic heterocycles. The minimum atomic E-state index is -0.378. The highest BCUT2D eigenvalue weighted by Crippen LogP contribution is 2.29. The Morgan fingerprint density at radius 2 is 2.00 bits per heavy atom. The Morgan fingerprint density at radius 3 is 2.52 bits per heavy atom. The van der Waals surface area contributed by atoms with Gasteiger partial charge in [0.2, 0.25) is 0 Å². The molecule has 2 rings (SSSR count). The first-order valence-electron chi connectivity index (χ1n) is 6.61. The number of rotatable bonds is 5. The van der Waals surface area contributed by atoms with Crippen LogP contribution in [0.15, 0.2) is 24.3 Å². The Labute approximate surface area is 127 Å². The molecule has 0 unspecified atom stereocenters. The highest BCUT2D eigenvalue weighted by molar-refractivity contribution is 7.15. The molecule has 0 aliphatic heterocycles. The zero-order chi connectivity index (χ0) is 15.4. The Morgan fingerprint density at radius 1 is 1.33 bits per heavy atom. The van der Waals surface area contributed by atoms with Gasteiger partial charge in [-0.15, -0.1) is 11.3 Å². The smallest absolute Gasteiger partial charge is 0.344 e. The normalized spacial score (nSPS) is 10.7. The van der Waals surface area contributed by atoms with Gasteiger partial charge in [-0.05, 0) is 45.0 Å². The lowest BCUT2D eigenvalue weighted by atomic mass is 10.1. The number of hydrogen-bond donors (Lipinski definition) is 1. The molecule has 0 aliphatic carbocycles. The number of nitrogen functional groups attached to an aromatic ring is 1. The van der Waals surface area contributed by atoms with E-state index in [-0.39, 0.29) is 18.7 Å². The third kappa shape index (κ3) is 4.19. The van der Waals surface area contributed by atoms with E-state index >= 15 is 0 Å². The van der Waals surface area contributed by atoms with Gasteiger partial charge in [-0.25, -0.2) is 9.78 Å². The van der Waals surface area contributed by atoms with Crippen molar-refractivity contribution in [1.82, 2.24) is 4.98 Å². The standard InChI is InChI=1S/C15H18N2O3S/c1-9(2)20-13(18)8-19-12-6-4-11(5-7-12)14-10(3)21-15(16)17-14/h4-7,9H,8H2,1-3H3,(H2,16,17). The van der Waals surface area contributed by atoms with Crippen molar-refractivity contribution in [3.63, 3.8) is 0 Å². The number of carbonyl (C=O) groups excluding carboxylic acids is 1. The molecule has 2 N–H and O–H groups in total. The van der Waals surface area contributed by atoms with Crippen molar-refractivity contribution in [3.8, 4) is 17.0 Å². The molecular weight excluding hydrogens is 288 g/mol. The highest BCUT2D eigenvalue weighted by atomic mass is 32.1. The van der Waals surface area contributed by atoms with Crippen molar-refractivity contribution in [2.24, 2.45) is 0 Å². The van der Waals surface area contributed by atoms with Crippen molar-refractivity contribution in [3.05, 3.63) is 29.1 Å². The summed E-state index contributed by atoms with van der Waals surface area (Å²) < 4.78 is 10.4. The molecule has 6 heteroatoms. The molecule has 1 aromatic carbocycles. The maximum Gasteiger partial charge on any atom is 0.344 e. The molecule has 0 aliphatic rings. The van der Waals surface area contributed by atoms with Crippen LogP contribution in [0.4, 0.5) is 5.13 Å². The van der Waals surface area contributed by atoms with Crippen LogP contribution in [0.5, 0.6) is 5.75 Å². The van der Waals surface area contributed by atoms with E-state index in [2.05, 4.69) is 4.98 Å². The molecule has 0 radical (unpaired) electrons. The molecule has 112 valence electrons. The summed E-state index contributed by atoms with van der Waals surface area (Å²) in [5.41, 5.74) is 7.55. The quantitative estimate of drug-likeness (QED) is 0.859. The molecule has 21 heavy (non-hydrogen) atoms. The molecular formula is C15H18N2O3S. The molecule has 5 nitrogen and oxygen atoms in total. The van der Waals surface area contributed by atoms with Crippen molar-refractivity contribution in [2.45, 2.75) is 26.9 Å². The van der Waals surface area contributed by atoms with E-state index in [4.69, 9.17) is 15.2 Å². The van der Waals surface area contributed by atoms with Gasteiger partial charge in [-0.1, -0.05) is 0 Å². The average molecular weight is 306 g/mol. The monoisotopic (exact) mass is 306 g/mol. The first-order chi connectivity index (χ1) is 9.95. The third-order valence-electron chi connectivity index (χ3n) is 2.66. The van der Waals surface area contributed by atoms with Crippen LogP contribution >= 0.6 is 11.3 Å². The van der Waals surface area contributed by atoms with Gasteiger partial charge in [0.1, 0.15) is 5.75 Å². The second-order valence-corrected chi connectivity index (χ2v) is 6.04. The minimum absolute atomic E-state index is 0.0970. The zero-order valence-corrected chi connectivity index (χ0v) is 13.1. The van der Waals surface area contributed by atoms with Crippen LogP contribution < -0.4 is 10.5 Å². The third-order valence-corrected chi connectivity index (χ3v) is 3.46. The Balaban J connectivity index is 1.99. The number of nitrogens with zero attached hydrogens (tertiary/aromatic N) is 1. The van der Waals surface area contributed by atoms with Crippen molar-refractivity contribution >= 4 is 22.4 Å². The second-order valence-electron chi connectivity index (χ2n) is 4.81. The van der Waals surface area contributed by atoms with E-state index in [1.807, 2.05) is 19.1 Å². The van der Waals surface area contributed by atoms with E-state index in [0.717, 1.165) is 16.1 Å². The van der Waals surface area contributed by atoms with Crippen molar-refractivity contribution in [2.75, 3.05) is 12.3 Å². The number of nitrogens with two attached hydrogens (primary N) is 1. The van der Waals surface area contributed by atoms with E-state index < -0.39 is 0 Å². The molecule has 0 bridgehead atoms. The number of esters is 1. The Hall–Kier alpha value is -2.08. The van der Waals surface area contributed by atoms with Crippen LogP contribution in [0.2, 0.25) is 0 Å². The number of aromatic nitrogens is 1. The summed E-state index contributed by atoms with van der Waals surface area (Å²) in [6, 6.07) is 7.38. The van der Waals surface area contributed by atoms with E-state index in [0.29, 0.717) is 10.9 Å². The summed E-state index contributed by atoms with van der Waals surface area (Å²) in [4.78, 5) is 16.8. The molecule has 0 amide bonds. The molecule has 0 saturated heterocycles. The van der Waals surface area contributed by atoms with Gasteiger partial charge in [0, 0.05) is 10.4 Å². The predicted octanol–water partition coefficient (Wildman–Crippen LogP) is 3.03. The van der Waals surface area contributed by atoms with Crippen LogP contribution in [-0.4, -0.2) is 23.7 Å². The van der Waals surface area contributed by atoms with Crippen LogP contribution in [-0.2, 0) is 9.53 Å². The van der Waals surface area contributed by atoms with Crippen LogP contribution in [0.1, 0.15) is 18.7 Å². The molecule has 0 atom stereocenters. The molecule has 0 spiro atoms. The maximum atomic E-state index is 11.4. The minimum Gasteiger partial charge on any atom is -0.482 e. The van der Waals surface area contributed by atoms with Gasteiger partial charge >= 0.3 is 5.97 Å². The number of benzene rings is 1. The fourth-order valence-corrected chi connectivity index (χ4v) is 2.54. The zero-order valence-electron chi connectivity index (χ0n) is 12.3. The number of thiazole rings is 1. The van der Waals surface area contributed by atoms with Crippen LogP contribution in [0.3, 0.4) is 0 Å². The highest BCUT2D eigenvalue weighted by Gasteiger charge is 2.09. The number of hydrogen-bond acceptors (Lipinski definition) is 6. The lowest BCUT2D eigenvalue weighted by Crippen LogP contribution is -2.18. The van der Waals surface area contributed by atoms with Gasteiger partial charge in [0.15, 0.2) is 11.7 Å². The summed E-state index contributed by atoms with van der Waals surface area (Å²) in [5, 5.41) is 0.555. The summed E-state index contributed by atoms with van der Waals surface area (Å²) >= 11 is 1.46. The van der Waals surface area contributed by atoms with E-state index in [9.17, 15) is 4.79 Å². The van der Waals surface area contributed by atoms with Crippen molar-refractivity contribution in [1.29, 1.82) is 0 Å². The number of anilines is 1. The Kier molecular flexibility index (Phi) is 4.80. The number of aryl methyl sites for hydroxylation is 1. The summed E-state index contributed by atoms with van der Waals surface area (Å²) in [6.07, 6.45) is -0.137. The fraction of sp³-hybridized carbons (Fsp3) is 0.333. The summed E-state index contributed by atoms with van der Waals surface area (Å²) in [7, 11) is 0. The van der Waals surface area contributed by atoms with Crippen LogP contribution in [0.25, 0.3) is 11.3 Å². The van der Waals surface area contributed by atoms with Gasteiger partial charge < -0.3 is 15.2 Å². The van der Waals surface area contributed by atoms with Crippen molar-refractivity contribution < 1.29 is 14.3 Å². The van der Waals surface area contributed by atoms with Crippen LogP contribution in [0, 0.1) is 6.92 Å². The lowest BCUT2D eigenvalue weighted by molar-refractivity contribution is -0.149. The van der Waals surface area contributed by atoms with Gasteiger partial charge in [-0.2, -0.15) is 0 Å². The fourth-order valence-electron chi connectivity index (χ4n) is 1.83. The average Bonchev–Trinajstić information content (AvgIpc) is 2.75. The maximum absolute atomic E-state index is 11.4. The summed E-state index contributed by atoms with van der Waals surface area (Å²) in [5.74, 6) is 0.234. The first-order valence-corrected chi connectivity index (χ1v) is 7.43. The van der Waals surface area contributed by atoms with Gasteiger partial charge in [0.05, 0.1) is 11.8 Å². The second kappa shape index (κ2) is 6.58. The molecule has 2 aromatic rings. The number of carbonyl (C=O) groups is 1. The van der Waals surface area contributed by atoms with E-state index in [1.54, 1.807) is 26.0 Å². The molecule has 1 heterocycles. The first kappa shape index (κ1) is 15.3.